The van der Waals surface area contributed by atoms with Crippen molar-refractivity contribution in [3.63, 3.8) is 0 Å². The first-order valence-electron chi connectivity index (χ1n) is 3.03. The molecule has 0 aliphatic rings. The van der Waals surface area contributed by atoms with E-state index in [4.69, 9.17) is 5.21 Å². The molecule has 0 atom stereocenters. The maximum atomic E-state index is 8.03. The molecule has 0 heterocycles. The van der Waals surface area contributed by atoms with E-state index in [0.29, 0.717) is 5.71 Å². The van der Waals surface area contributed by atoms with Crippen LogP contribution in [0.3, 0.4) is 0 Å². The van der Waals surface area contributed by atoms with Gasteiger partial charge in [0, 0.05) is 0 Å². The third-order valence-electron chi connectivity index (χ3n) is 0.768. The topological polar surface area (TPSA) is 32.6 Å². The number of nitrogens with zero attached hydrogens (tertiary/aromatic N) is 1. The fourth-order valence-corrected chi connectivity index (χ4v) is 0.0854. The first-order chi connectivity index (χ1) is 4.18. The fraction of sp³-hybridized carbons (Fsp3) is 0.571. The van der Waals surface area contributed by atoms with Crippen molar-refractivity contribution in [3.8, 4) is 0 Å². The van der Waals surface area contributed by atoms with E-state index in [1.165, 1.54) is 0 Å². The van der Waals surface area contributed by atoms with Crippen LogP contribution in [-0.4, -0.2) is 10.9 Å². The third kappa shape index (κ3) is 7.21. The van der Waals surface area contributed by atoms with Gasteiger partial charge in [-0.1, -0.05) is 25.6 Å². The Hall–Kier alpha value is -0.790. The summed E-state index contributed by atoms with van der Waals surface area (Å²) in [6, 6.07) is 0. The van der Waals surface area contributed by atoms with Gasteiger partial charge in [0.15, 0.2) is 0 Å². The molecule has 2 nitrogen and oxygen atoms in total. The molecule has 0 amide bonds. The standard InChI is InChI=1S/C5H9NO.C2H6/c1-4(2)5(3)6-7;1-2/h7H,1H2,2-3H3;1-2H3/b6-5-;. The van der Waals surface area contributed by atoms with Gasteiger partial charge in [-0.25, -0.2) is 0 Å². The van der Waals surface area contributed by atoms with Crippen molar-refractivity contribution >= 4 is 5.71 Å². The maximum absolute atomic E-state index is 8.03. The van der Waals surface area contributed by atoms with Gasteiger partial charge in [-0.2, -0.15) is 0 Å². The molecule has 54 valence electrons. The van der Waals surface area contributed by atoms with Gasteiger partial charge in [0.05, 0.1) is 5.71 Å². The van der Waals surface area contributed by atoms with Crippen molar-refractivity contribution in [2.24, 2.45) is 5.16 Å². The first-order valence-corrected chi connectivity index (χ1v) is 3.03. The molecular formula is C7H15NO. The highest BCUT2D eigenvalue weighted by atomic mass is 16.4. The highest BCUT2D eigenvalue weighted by Gasteiger charge is 1.86. The van der Waals surface area contributed by atoms with E-state index in [1.807, 2.05) is 13.8 Å². The van der Waals surface area contributed by atoms with Crippen molar-refractivity contribution in [2.45, 2.75) is 27.7 Å². The normalized spacial score (nSPS) is 9.56. The van der Waals surface area contributed by atoms with Crippen molar-refractivity contribution in [1.29, 1.82) is 0 Å². The van der Waals surface area contributed by atoms with Crippen molar-refractivity contribution in [1.82, 2.24) is 0 Å². The molecule has 0 saturated carbocycles. The van der Waals surface area contributed by atoms with Gasteiger partial charge < -0.3 is 5.21 Å². The Morgan fingerprint density at radius 2 is 1.67 bits per heavy atom. The predicted octanol–water partition coefficient (Wildman–Crippen LogP) is 2.44. The molecule has 0 rings (SSSR count). The monoisotopic (exact) mass is 129 g/mol. The average molecular weight is 129 g/mol. The Morgan fingerprint density at radius 3 is 1.67 bits per heavy atom. The highest BCUT2D eigenvalue weighted by molar-refractivity contribution is 5.96. The van der Waals surface area contributed by atoms with Crippen LogP contribution in [0.2, 0.25) is 0 Å². The van der Waals surface area contributed by atoms with Gasteiger partial charge in [-0.15, -0.1) is 0 Å². The molecule has 2 heteroatoms. The van der Waals surface area contributed by atoms with Gasteiger partial charge in [0.2, 0.25) is 0 Å². The summed E-state index contributed by atoms with van der Waals surface area (Å²) in [5, 5.41) is 10.9. The van der Waals surface area contributed by atoms with E-state index in [9.17, 15) is 0 Å². The van der Waals surface area contributed by atoms with Crippen molar-refractivity contribution in [3.05, 3.63) is 12.2 Å². The lowest BCUT2D eigenvalue weighted by Gasteiger charge is -1.88. The fourth-order valence-electron chi connectivity index (χ4n) is 0.0854. The summed E-state index contributed by atoms with van der Waals surface area (Å²) in [6.45, 7) is 11.0. The van der Waals surface area contributed by atoms with Crippen LogP contribution < -0.4 is 0 Å². The van der Waals surface area contributed by atoms with Gasteiger partial charge >= 0.3 is 0 Å². The average Bonchev–Trinajstić information content (AvgIpc) is 1.91. The third-order valence-corrected chi connectivity index (χ3v) is 0.768. The molecular weight excluding hydrogens is 114 g/mol. The molecule has 0 aromatic heterocycles. The molecule has 9 heavy (non-hydrogen) atoms. The van der Waals surface area contributed by atoms with Crippen molar-refractivity contribution < 1.29 is 5.21 Å². The van der Waals surface area contributed by atoms with Crippen molar-refractivity contribution in [2.75, 3.05) is 0 Å². The van der Waals surface area contributed by atoms with E-state index < -0.39 is 0 Å². The lowest BCUT2D eigenvalue weighted by atomic mass is 10.2. The van der Waals surface area contributed by atoms with Crippen LogP contribution >= 0.6 is 0 Å². The van der Waals surface area contributed by atoms with E-state index in [-0.39, 0.29) is 0 Å². The molecule has 0 fully saturated rings. The second kappa shape index (κ2) is 7.21. The van der Waals surface area contributed by atoms with Crippen LogP contribution in [0.25, 0.3) is 0 Å². The Bertz CT molecular complexity index is 105. The lowest BCUT2D eigenvalue weighted by molar-refractivity contribution is 0.319. The quantitative estimate of drug-likeness (QED) is 0.329. The number of hydrogen-bond donors (Lipinski definition) is 1. The molecule has 0 aliphatic carbocycles. The molecule has 0 radical (unpaired) electrons. The van der Waals surface area contributed by atoms with Crippen LogP contribution in [0.1, 0.15) is 27.7 Å². The minimum Gasteiger partial charge on any atom is -0.411 e. The Labute approximate surface area is 56.9 Å². The van der Waals surface area contributed by atoms with Gasteiger partial charge in [0.25, 0.3) is 0 Å². The van der Waals surface area contributed by atoms with E-state index in [2.05, 4.69) is 11.7 Å². The largest absolute Gasteiger partial charge is 0.411 e. The minimum absolute atomic E-state index is 0.583. The molecule has 0 aliphatic heterocycles. The number of rotatable bonds is 1. The molecule has 1 N–H and O–H groups in total. The summed E-state index contributed by atoms with van der Waals surface area (Å²) >= 11 is 0. The zero-order valence-corrected chi connectivity index (χ0v) is 6.60. The molecule has 0 aromatic rings. The van der Waals surface area contributed by atoms with E-state index in [1.54, 1.807) is 13.8 Å². The summed E-state index contributed by atoms with van der Waals surface area (Å²) in [5.41, 5.74) is 1.38. The van der Waals surface area contributed by atoms with E-state index >= 15 is 0 Å². The van der Waals surface area contributed by atoms with Crippen LogP contribution in [0, 0.1) is 0 Å². The Balaban J connectivity index is 0. The molecule has 0 saturated heterocycles. The first kappa shape index (κ1) is 11.1. The Morgan fingerprint density at radius 1 is 1.33 bits per heavy atom. The summed E-state index contributed by atoms with van der Waals surface area (Å²) in [4.78, 5) is 0. The van der Waals surface area contributed by atoms with E-state index in [0.717, 1.165) is 5.57 Å². The number of allylic oxidation sites excluding steroid dienone is 1. The lowest BCUT2D eigenvalue weighted by Crippen LogP contribution is -1.88. The van der Waals surface area contributed by atoms with Gasteiger partial charge in [-0.3, -0.25) is 0 Å². The summed E-state index contributed by atoms with van der Waals surface area (Å²) in [7, 11) is 0. The SMILES string of the molecule is C=C(C)/C(C)=N\O.CC. The molecule has 0 spiro atoms. The summed E-state index contributed by atoms with van der Waals surface area (Å²) < 4.78 is 0. The smallest absolute Gasteiger partial charge is 0.0787 e. The highest BCUT2D eigenvalue weighted by Crippen LogP contribution is 1.88. The zero-order valence-electron chi connectivity index (χ0n) is 6.60. The summed E-state index contributed by atoms with van der Waals surface area (Å²) in [5.74, 6) is 0. The predicted molar refractivity (Wildman–Crippen MR) is 41.1 cm³/mol. The van der Waals surface area contributed by atoms with Gasteiger partial charge in [0.1, 0.15) is 0 Å². The summed E-state index contributed by atoms with van der Waals surface area (Å²) in [6.07, 6.45) is 0. The van der Waals surface area contributed by atoms with Crippen LogP contribution in [-0.2, 0) is 0 Å². The molecule has 0 bridgehead atoms. The number of hydrogen-bond acceptors (Lipinski definition) is 2. The van der Waals surface area contributed by atoms with Crippen LogP contribution in [0.4, 0.5) is 0 Å². The second-order valence-electron chi connectivity index (χ2n) is 1.47. The number of oxime groups is 1. The maximum Gasteiger partial charge on any atom is 0.0787 e. The van der Waals surface area contributed by atoms with Gasteiger partial charge in [-0.05, 0) is 19.4 Å². The molecule has 0 unspecified atom stereocenters. The second-order valence-corrected chi connectivity index (χ2v) is 1.47. The Kier molecular flexibility index (Phi) is 8.87. The van der Waals surface area contributed by atoms with Crippen LogP contribution in [0.15, 0.2) is 17.3 Å². The minimum atomic E-state index is 0.583. The zero-order chi connectivity index (χ0) is 7.86. The molecule has 0 aromatic carbocycles. The van der Waals surface area contributed by atoms with Crippen LogP contribution in [0.5, 0.6) is 0 Å².